The molecule has 0 fully saturated rings. The molecule has 0 unspecified atom stereocenters. The van der Waals surface area contributed by atoms with Crippen LogP contribution in [0.3, 0.4) is 0 Å². The van der Waals surface area contributed by atoms with Crippen LogP contribution in [0.2, 0.25) is 0 Å². The molecule has 2 heterocycles. The fourth-order valence-electron chi connectivity index (χ4n) is 2.28. The summed E-state index contributed by atoms with van der Waals surface area (Å²) in [7, 11) is 0. The van der Waals surface area contributed by atoms with E-state index in [1.165, 1.54) is 4.90 Å². The van der Waals surface area contributed by atoms with E-state index in [0.29, 0.717) is 0 Å². The Morgan fingerprint density at radius 3 is 2.71 bits per heavy atom. The van der Waals surface area contributed by atoms with Crippen molar-refractivity contribution < 1.29 is 0 Å². The lowest BCUT2D eigenvalue weighted by Gasteiger charge is -2.03. The fraction of sp³-hybridized carbons (Fsp3) is 0.250. The fourth-order valence-corrected chi connectivity index (χ4v) is 3.16. The number of hydrogen-bond acceptors (Lipinski definition) is 4. The van der Waals surface area contributed by atoms with Crippen molar-refractivity contribution in [2.24, 2.45) is 0 Å². The van der Waals surface area contributed by atoms with E-state index in [0.717, 1.165) is 39.9 Å². The van der Waals surface area contributed by atoms with Crippen molar-refractivity contribution in [2.45, 2.75) is 31.4 Å². The Morgan fingerprint density at radius 1 is 1.14 bits per heavy atom. The molecule has 0 radical (unpaired) electrons. The molecule has 0 amide bonds. The summed E-state index contributed by atoms with van der Waals surface area (Å²) in [5, 5.41) is 0. The molecule has 0 aliphatic rings. The predicted molar refractivity (Wildman–Crippen MR) is 87.6 cm³/mol. The number of hydrogen-bond donors (Lipinski definition) is 1. The third-order valence-corrected chi connectivity index (χ3v) is 4.47. The summed E-state index contributed by atoms with van der Waals surface area (Å²) >= 11 is 1.76. The lowest BCUT2D eigenvalue weighted by molar-refractivity contribution is 1.01. The molecule has 2 N–H and O–H groups in total. The predicted octanol–water partition coefficient (Wildman–Crippen LogP) is 3.53. The highest BCUT2D eigenvalue weighted by Gasteiger charge is 2.06. The Kier molecular flexibility index (Phi) is 3.59. The van der Waals surface area contributed by atoms with E-state index in [9.17, 15) is 0 Å². The minimum Gasteiger partial charge on any atom is -0.399 e. The van der Waals surface area contributed by atoms with Gasteiger partial charge in [0.15, 0.2) is 0 Å². The maximum atomic E-state index is 5.84. The van der Waals surface area contributed by atoms with Gasteiger partial charge in [-0.15, -0.1) is 11.8 Å². The number of nitrogens with zero attached hydrogens (tertiary/aromatic N) is 3. The van der Waals surface area contributed by atoms with Crippen molar-refractivity contribution in [3.05, 3.63) is 53.1 Å². The minimum absolute atomic E-state index is 0.775. The van der Waals surface area contributed by atoms with Crippen LogP contribution >= 0.6 is 11.8 Å². The Labute approximate surface area is 128 Å². The summed E-state index contributed by atoms with van der Waals surface area (Å²) in [6, 6.07) is 8.19. The zero-order valence-electron chi connectivity index (χ0n) is 12.4. The number of aromatic nitrogens is 3. The molecule has 5 heteroatoms. The number of nitrogen functional groups attached to an aromatic ring is 1. The molecule has 3 aromatic rings. The van der Waals surface area contributed by atoms with E-state index >= 15 is 0 Å². The standard InChI is InChI=1S/C16H18N4S/c1-10-6-14(4-5-15(10)17)21-9-13-8-20-12(3)7-11(2)18-16(20)19-13/h4-8H,9,17H2,1-3H3. The average Bonchev–Trinajstić information content (AvgIpc) is 2.83. The van der Waals surface area contributed by atoms with Gasteiger partial charge < -0.3 is 5.73 Å². The van der Waals surface area contributed by atoms with Crippen molar-refractivity contribution >= 4 is 23.2 Å². The molecule has 0 spiro atoms. The monoisotopic (exact) mass is 298 g/mol. The molecule has 21 heavy (non-hydrogen) atoms. The van der Waals surface area contributed by atoms with Gasteiger partial charge in [0, 0.05) is 33.9 Å². The van der Waals surface area contributed by atoms with Gasteiger partial charge in [0.1, 0.15) is 0 Å². The van der Waals surface area contributed by atoms with E-state index in [1.807, 2.05) is 24.3 Å². The largest absolute Gasteiger partial charge is 0.399 e. The van der Waals surface area contributed by atoms with Crippen molar-refractivity contribution in [1.82, 2.24) is 14.4 Å². The van der Waals surface area contributed by atoms with Gasteiger partial charge in [-0.2, -0.15) is 0 Å². The van der Waals surface area contributed by atoms with Crippen LogP contribution in [0.1, 0.15) is 22.6 Å². The number of aryl methyl sites for hydroxylation is 3. The quantitative estimate of drug-likeness (QED) is 0.593. The summed E-state index contributed by atoms with van der Waals surface area (Å²) in [5.74, 6) is 1.60. The van der Waals surface area contributed by atoms with Crippen LogP contribution in [-0.2, 0) is 5.75 Å². The third kappa shape index (κ3) is 2.88. The molecule has 0 aliphatic carbocycles. The Hall–Kier alpha value is -2.01. The summed E-state index contributed by atoms with van der Waals surface area (Å²) in [6.07, 6.45) is 2.06. The van der Waals surface area contributed by atoms with Crippen LogP contribution < -0.4 is 5.73 Å². The molecule has 0 bridgehead atoms. The Bertz CT molecular complexity index is 807. The van der Waals surface area contributed by atoms with Crippen molar-refractivity contribution in [3.8, 4) is 0 Å². The number of benzene rings is 1. The van der Waals surface area contributed by atoms with E-state index in [1.54, 1.807) is 11.8 Å². The molecule has 0 saturated heterocycles. The van der Waals surface area contributed by atoms with E-state index in [4.69, 9.17) is 5.73 Å². The molecule has 4 nitrogen and oxygen atoms in total. The number of rotatable bonds is 3. The van der Waals surface area contributed by atoms with E-state index in [-0.39, 0.29) is 0 Å². The second-order valence-electron chi connectivity index (χ2n) is 5.25. The second-order valence-corrected chi connectivity index (χ2v) is 6.30. The number of anilines is 1. The van der Waals surface area contributed by atoms with Gasteiger partial charge in [-0.25, -0.2) is 9.97 Å². The first kappa shape index (κ1) is 13.9. The molecule has 3 rings (SSSR count). The van der Waals surface area contributed by atoms with Gasteiger partial charge in [0.25, 0.3) is 0 Å². The molecular weight excluding hydrogens is 280 g/mol. The van der Waals surface area contributed by atoms with Crippen LogP contribution in [0.5, 0.6) is 0 Å². The highest BCUT2D eigenvalue weighted by atomic mass is 32.2. The van der Waals surface area contributed by atoms with Gasteiger partial charge in [-0.05, 0) is 50.6 Å². The van der Waals surface area contributed by atoms with Crippen LogP contribution in [-0.4, -0.2) is 14.4 Å². The maximum absolute atomic E-state index is 5.84. The summed E-state index contributed by atoms with van der Waals surface area (Å²) in [6.45, 7) is 6.09. The smallest absolute Gasteiger partial charge is 0.234 e. The molecular formula is C16H18N4S. The van der Waals surface area contributed by atoms with Gasteiger partial charge in [-0.1, -0.05) is 0 Å². The zero-order valence-corrected chi connectivity index (χ0v) is 13.2. The summed E-state index contributed by atoms with van der Waals surface area (Å²) in [4.78, 5) is 10.3. The minimum atomic E-state index is 0.775. The van der Waals surface area contributed by atoms with Crippen LogP contribution in [0.4, 0.5) is 5.69 Å². The van der Waals surface area contributed by atoms with Gasteiger partial charge >= 0.3 is 0 Å². The second kappa shape index (κ2) is 5.41. The molecule has 0 saturated carbocycles. The van der Waals surface area contributed by atoms with Gasteiger partial charge in [0.05, 0.1) is 5.69 Å². The molecule has 0 aliphatic heterocycles. The number of imidazole rings is 1. The average molecular weight is 298 g/mol. The molecule has 0 atom stereocenters. The Morgan fingerprint density at radius 2 is 1.95 bits per heavy atom. The van der Waals surface area contributed by atoms with E-state index < -0.39 is 0 Å². The normalized spacial score (nSPS) is 11.2. The highest BCUT2D eigenvalue weighted by Crippen LogP contribution is 2.25. The first-order chi connectivity index (χ1) is 10.0. The number of fused-ring (bicyclic) bond motifs is 1. The van der Waals surface area contributed by atoms with Crippen molar-refractivity contribution in [1.29, 1.82) is 0 Å². The summed E-state index contributed by atoms with van der Waals surface area (Å²) < 4.78 is 2.04. The zero-order chi connectivity index (χ0) is 15.0. The lowest BCUT2D eigenvalue weighted by Crippen LogP contribution is -1.94. The topological polar surface area (TPSA) is 56.2 Å². The van der Waals surface area contributed by atoms with Crippen molar-refractivity contribution in [3.63, 3.8) is 0 Å². The lowest BCUT2D eigenvalue weighted by atomic mass is 10.2. The van der Waals surface area contributed by atoms with E-state index in [2.05, 4.69) is 41.3 Å². The van der Waals surface area contributed by atoms with Crippen LogP contribution in [0, 0.1) is 20.8 Å². The number of nitrogens with two attached hydrogens (primary N) is 1. The first-order valence-electron chi connectivity index (χ1n) is 6.84. The van der Waals surface area contributed by atoms with Crippen LogP contribution in [0.15, 0.2) is 35.4 Å². The molecule has 2 aromatic heterocycles. The SMILES string of the molecule is Cc1cc(C)n2cc(CSc3ccc(N)c(C)c3)nc2n1. The van der Waals surface area contributed by atoms with Gasteiger partial charge in [-0.3, -0.25) is 4.40 Å². The number of thioether (sulfide) groups is 1. The van der Waals surface area contributed by atoms with Gasteiger partial charge in [0.2, 0.25) is 5.78 Å². The molecule has 108 valence electrons. The van der Waals surface area contributed by atoms with Crippen molar-refractivity contribution in [2.75, 3.05) is 5.73 Å². The van der Waals surface area contributed by atoms with Crippen LogP contribution in [0.25, 0.3) is 5.78 Å². The maximum Gasteiger partial charge on any atom is 0.234 e. The summed E-state index contributed by atoms with van der Waals surface area (Å²) in [5.41, 5.74) is 11.0. The first-order valence-corrected chi connectivity index (χ1v) is 7.82. The Balaban J connectivity index is 1.82. The molecule has 1 aromatic carbocycles. The third-order valence-electron chi connectivity index (χ3n) is 3.44. The highest BCUT2D eigenvalue weighted by molar-refractivity contribution is 7.98.